The molecule has 1 aromatic heterocycles. The molecule has 1 aliphatic heterocycles. The van der Waals surface area contributed by atoms with E-state index >= 15 is 0 Å². The highest BCUT2D eigenvalue weighted by molar-refractivity contribution is 9.10. The number of aromatic hydroxyl groups is 2. The van der Waals surface area contributed by atoms with Crippen LogP contribution in [0.25, 0.3) is 11.3 Å². The zero-order valence-corrected chi connectivity index (χ0v) is 16.4. The molecule has 0 spiro atoms. The fraction of sp³-hybridized carbons (Fsp3) is 0.250. The Kier molecular flexibility index (Phi) is 5.05. The van der Waals surface area contributed by atoms with Crippen molar-refractivity contribution < 1.29 is 10.2 Å². The van der Waals surface area contributed by atoms with Gasteiger partial charge in [0, 0.05) is 37.8 Å². The van der Waals surface area contributed by atoms with Gasteiger partial charge < -0.3 is 20.4 Å². The highest BCUT2D eigenvalue weighted by Gasteiger charge is 2.23. The van der Waals surface area contributed by atoms with Gasteiger partial charge in [0.25, 0.3) is 0 Å². The van der Waals surface area contributed by atoms with E-state index in [1.165, 1.54) is 6.07 Å². The maximum absolute atomic E-state index is 10.5. The lowest BCUT2D eigenvalue weighted by atomic mass is 10.1. The Morgan fingerprint density at radius 2 is 1.78 bits per heavy atom. The lowest BCUT2D eigenvalue weighted by molar-refractivity contribution is 0.449. The van der Waals surface area contributed by atoms with E-state index in [1.54, 1.807) is 6.07 Å². The van der Waals surface area contributed by atoms with Crippen molar-refractivity contribution in [3.05, 3.63) is 58.7 Å². The fourth-order valence-electron chi connectivity index (χ4n) is 3.41. The first-order valence-corrected chi connectivity index (χ1v) is 9.70. The van der Waals surface area contributed by atoms with Crippen LogP contribution in [0.4, 0.5) is 5.69 Å². The van der Waals surface area contributed by atoms with Gasteiger partial charge in [-0.2, -0.15) is 5.10 Å². The average Bonchev–Trinajstić information content (AvgIpc) is 3.09. The molecule has 0 radical (unpaired) electrons. The van der Waals surface area contributed by atoms with Crippen LogP contribution in [0.3, 0.4) is 0 Å². The summed E-state index contributed by atoms with van der Waals surface area (Å²) in [4.78, 5) is 2.28. The molecule has 0 unspecified atom stereocenters. The average molecular weight is 429 g/mol. The van der Waals surface area contributed by atoms with Crippen LogP contribution < -0.4 is 10.2 Å². The number of phenols is 2. The predicted molar refractivity (Wildman–Crippen MR) is 109 cm³/mol. The first kappa shape index (κ1) is 17.9. The second-order valence-electron chi connectivity index (χ2n) is 6.58. The second kappa shape index (κ2) is 7.62. The number of phenolic OH excluding ortho intramolecular Hbond substituents is 2. The molecule has 0 bridgehead atoms. The van der Waals surface area contributed by atoms with E-state index in [1.807, 2.05) is 29.1 Å². The van der Waals surface area contributed by atoms with Crippen LogP contribution in [0.1, 0.15) is 5.56 Å². The van der Waals surface area contributed by atoms with E-state index in [2.05, 4.69) is 43.4 Å². The van der Waals surface area contributed by atoms with Gasteiger partial charge in [0.15, 0.2) is 0 Å². The van der Waals surface area contributed by atoms with Gasteiger partial charge in [0.2, 0.25) is 0 Å². The van der Waals surface area contributed by atoms with Crippen LogP contribution >= 0.6 is 15.9 Å². The summed E-state index contributed by atoms with van der Waals surface area (Å²) in [5, 5.41) is 28.4. The molecule has 0 saturated carbocycles. The highest BCUT2D eigenvalue weighted by atomic mass is 79.9. The Hall–Kier alpha value is -2.51. The second-order valence-corrected chi connectivity index (χ2v) is 7.43. The van der Waals surface area contributed by atoms with Gasteiger partial charge in [-0.25, -0.2) is 0 Å². The molecule has 1 saturated heterocycles. The Labute approximate surface area is 166 Å². The summed E-state index contributed by atoms with van der Waals surface area (Å²) < 4.78 is 2.44. The number of piperazine rings is 1. The van der Waals surface area contributed by atoms with Crippen molar-refractivity contribution in [2.24, 2.45) is 0 Å². The smallest absolute Gasteiger partial charge is 0.133 e. The van der Waals surface area contributed by atoms with Gasteiger partial charge in [-0.15, -0.1) is 0 Å². The van der Waals surface area contributed by atoms with E-state index in [4.69, 9.17) is 0 Å². The number of hydrogen-bond donors (Lipinski definition) is 3. The van der Waals surface area contributed by atoms with Crippen LogP contribution in [0.2, 0.25) is 0 Å². The third-order valence-electron chi connectivity index (χ3n) is 4.77. The third kappa shape index (κ3) is 3.65. The molecule has 3 N–H and O–H groups in total. The fourth-order valence-corrected chi connectivity index (χ4v) is 3.75. The maximum Gasteiger partial charge on any atom is 0.133 e. The number of nitrogens with zero attached hydrogens (tertiary/aromatic N) is 3. The number of halogens is 1. The van der Waals surface area contributed by atoms with Crippen molar-refractivity contribution >= 4 is 21.6 Å². The molecule has 1 aliphatic rings. The van der Waals surface area contributed by atoms with E-state index in [9.17, 15) is 10.2 Å². The summed E-state index contributed by atoms with van der Waals surface area (Å²) >= 11 is 3.36. The van der Waals surface area contributed by atoms with Crippen LogP contribution in [0.15, 0.2) is 53.1 Å². The summed E-state index contributed by atoms with van der Waals surface area (Å²) in [5.74, 6) is 0.0380. The molecular formula is C20H21BrN4O2. The Balaban J connectivity index is 1.83. The molecule has 4 rings (SSSR count). The molecule has 6 nitrogen and oxygen atoms in total. The number of aromatic nitrogens is 2. The molecule has 140 valence electrons. The normalized spacial score (nSPS) is 14.5. The Morgan fingerprint density at radius 1 is 1.04 bits per heavy atom. The number of anilines is 1. The van der Waals surface area contributed by atoms with Crippen LogP contribution in [-0.2, 0) is 6.54 Å². The van der Waals surface area contributed by atoms with Crippen molar-refractivity contribution in [1.82, 2.24) is 15.1 Å². The Bertz CT molecular complexity index is 937. The first-order valence-electron chi connectivity index (χ1n) is 8.91. The van der Waals surface area contributed by atoms with Gasteiger partial charge in [-0.05, 0) is 27.6 Å². The van der Waals surface area contributed by atoms with E-state index in [0.29, 0.717) is 16.6 Å². The standard InChI is InChI=1S/C20H21BrN4O2/c21-16-10-15(18(26)11-19(16)27)20-17(24-8-6-22-7-9-24)12-23-25(20)13-14-4-2-1-3-5-14/h1-5,10-12,22,26-27H,6-9,13H2. The molecule has 0 atom stereocenters. The molecule has 7 heteroatoms. The van der Waals surface area contributed by atoms with Gasteiger partial charge in [-0.1, -0.05) is 30.3 Å². The van der Waals surface area contributed by atoms with Crippen LogP contribution in [0.5, 0.6) is 11.5 Å². The van der Waals surface area contributed by atoms with Crippen molar-refractivity contribution in [2.75, 3.05) is 31.1 Å². The Morgan fingerprint density at radius 3 is 2.52 bits per heavy atom. The summed E-state index contributed by atoms with van der Waals surface area (Å²) in [6.45, 7) is 4.18. The van der Waals surface area contributed by atoms with Crippen molar-refractivity contribution in [1.29, 1.82) is 0 Å². The summed E-state index contributed by atoms with van der Waals surface area (Å²) in [6, 6.07) is 13.2. The van der Waals surface area contributed by atoms with Gasteiger partial charge in [-0.3, -0.25) is 4.68 Å². The zero-order valence-electron chi connectivity index (χ0n) is 14.8. The molecule has 27 heavy (non-hydrogen) atoms. The van der Waals surface area contributed by atoms with E-state index in [0.717, 1.165) is 43.1 Å². The summed E-state index contributed by atoms with van der Waals surface area (Å²) in [6.07, 6.45) is 1.86. The summed E-state index contributed by atoms with van der Waals surface area (Å²) in [7, 11) is 0. The predicted octanol–water partition coefficient (Wildman–Crippen LogP) is 3.18. The van der Waals surface area contributed by atoms with Crippen LogP contribution in [0, 0.1) is 0 Å². The lowest BCUT2D eigenvalue weighted by Gasteiger charge is -2.29. The minimum Gasteiger partial charge on any atom is -0.507 e. The number of rotatable bonds is 4. The third-order valence-corrected chi connectivity index (χ3v) is 5.41. The molecule has 2 aromatic carbocycles. The summed E-state index contributed by atoms with van der Waals surface area (Å²) in [5.41, 5.74) is 3.60. The number of nitrogens with one attached hydrogen (secondary N) is 1. The minimum absolute atomic E-state index is 0.00842. The topological polar surface area (TPSA) is 73.6 Å². The van der Waals surface area contributed by atoms with E-state index < -0.39 is 0 Å². The zero-order chi connectivity index (χ0) is 18.8. The molecule has 0 aliphatic carbocycles. The minimum atomic E-state index is 0.00842. The van der Waals surface area contributed by atoms with Crippen molar-refractivity contribution in [3.63, 3.8) is 0 Å². The quantitative estimate of drug-likeness (QED) is 0.594. The van der Waals surface area contributed by atoms with Crippen molar-refractivity contribution in [2.45, 2.75) is 6.54 Å². The van der Waals surface area contributed by atoms with Crippen LogP contribution in [-0.4, -0.2) is 46.2 Å². The monoisotopic (exact) mass is 428 g/mol. The highest BCUT2D eigenvalue weighted by Crippen LogP contribution is 2.41. The number of benzene rings is 2. The largest absolute Gasteiger partial charge is 0.507 e. The maximum atomic E-state index is 10.5. The van der Waals surface area contributed by atoms with Crippen molar-refractivity contribution in [3.8, 4) is 22.8 Å². The first-order chi connectivity index (χ1) is 13.1. The molecule has 2 heterocycles. The SMILES string of the molecule is Oc1cc(O)c(-c2c(N3CCNCC3)cnn2Cc2ccccc2)cc1Br. The van der Waals surface area contributed by atoms with E-state index in [-0.39, 0.29) is 11.5 Å². The van der Waals surface area contributed by atoms with Gasteiger partial charge in [0.05, 0.1) is 28.6 Å². The molecule has 1 fully saturated rings. The van der Waals surface area contributed by atoms with Gasteiger partial charge >= 0.3 is 0 Å². The molecular weight excluding hydrogens is 408 g/mol. The molecule has 3 aromatic rings. The molecule has 0 amide bonds. The number of hydrogen-bond acceptors (Lipinski definition) is 5. The van der Waals surface area contributed by atoms with Gasteiger partial charge in [0.1, 0.15) is 11.5 Å². The lowest BCUT2D eigenvalue weighted by Crippen LogP contribution is -2.43.